The Morgan fingerprint density at radius 2 is 2.11 bits per heavy atom. The molecule has 19 heavy (non-hydrogen) atoms. The van der Waals surface area contributed by atoms with E-state index in [1.807, 2.05) is 24.3 Å². The zero-order valence-electron chi connectivity index (χ0n) is 10.3. The Morgan fingerprint density at radius 1 is 1.21 bits per heavy atom. The first-order chi connectivity index (χ1) is 9.30. The van der Waals surface area contributed by atoms with Gasteiger partial charge in [-0.05, 0) is 24.3 Å². The van der Waals surface area contributed by atoms with Crippen LogP contribution in [0.2, 0.25) is 0 Å². The third-order valence-corrected chi connectivity index (χ3v) is 2.90. The van der Waals surface area contributed by atoms with E-state index in [-0.39, 0.29) is 0 Å². The smallest absolute Gasteiger partial charge is 0.170 e. The van der Waals surface area contributed by atoms with Gasteiger partial charge in [-0.15, -0.1) is 0 Å². The van der Waals surface area contributed by atoms with Crippen molar-refractivity contribution in [1.82, 2.24) is 15.0 Å². The van der Waals surface area contributed by atoms with E-state index in [0.717, 1.165) is 22.3 Å². The SMILES string of the molecule is COc1ccc2[nH]c(-c3cnc(C=O)cn3)cc2c1. The molecule has 3 rings (SSSR count). The van der Waals surface area contributed by atoms with Gasteiger partial charge in [0.05, 0.1) is 25.2 Å². The molecular weight excluding hydrogens is 242 g/mol. The molecule has 0 saturated heterocycles. The number of carbonyl (C=O) groups excluding carboxylic acids is 1. The summed E-state index contributed by atoms with van der Waals surface area (Å²) < 4.78 is 5.19. The minimum absolute atomic E-state index is 0.321. The zero-order chi connectivity index (χ0) is 13.2. The van der Waals surface area contributed by atoms with Crippen LogP contribution in [0.1, 0.15) is 10.5 Å². The number of benzene rings is 1. The number of nitrogens with one attached hydrogen (secondary N) is 1. The molecule has 1 N–H and O–H groups in total. The monoisotopic (exact) mass is 253 g/mol. The van der Waals surface area contributed by atoms with E-state index < -0.39 is 0 Å². The number of rotatable bonds is 3. The van der Waals surface area contributed by atoms with Gasteiger partial charge in [0.25, 0.3) is 0 Å². The van der Waals surface area contributed by atoms with Crippen LogP contribution in [-0.4, -0.2) is 28.3 Å². The summed E-state index contributed by atoms with van der Waals surface area (Å²) in [6.07, 6.45) is 3.70. The number of aldehydes is 1. The Labute approximate surface area is 109 Å². The van der Waals surface area contributed by atoms with E-state index >= 15 is 0 Å². The fraction of sp³-hybridized carbons (Fsp3) is 0.0714. The molecule has 3 aromatic rings. The van der Waals surface area contributed by atoms with Gasteiger partial charge in [-0.2, -0.15) is 0 Å². The molecule has 0 radical (unpaired) electrons. The molecule has 0 atom stereocenters. The molecule has 2 heterocycles. The van der Waals surface area contributed by atoms with Crippen LogP contribution in [-0.2, 0) is 0 Å². The molecule has 0 amide bonds. The lowest BCUT2D eigenvalue weighted by Crippen LogP contribution is -1.90. The molecule has 0 aliphatic carbocycles. The Bertz CT molecular complexity index is 732. The zero-order valence-corrected chi connectivity index (χ0v) is 10.3. The van der Waals surface area contributed by atoms with Crippen LogP contribution in [0.4, 0.5) is 0 Å². The number of methoxy groups -OCH3 is 1. The normalized spacial score (nSPS) is 10.6. The predicted octanol–water partition coefficient (Wildman–Crippen LogP) is 2.45. The first-order valence-corrected chi connectivity index (χ1v) is 5.74. The van der Waals surface area contributed by atoms with Crippen molar-refractivity contribution in [3.8, 4) is 17.1 Å². The number of H-pyrrole nitrogens is 1. The third-order valence-electron chi connectivity index (χ3n) is 2.90. The van der Waals surface area contributed by atoms with E-state index in [0.29, 0.717) is 17.7 Å². The highest BCUT2D eigenvalue weighted by Gasteiger charge is 2.06. The van der Waals surface area contributed by atoms with Gasteiger partial charge in [0.1, 0.15) is 17.1 Å². The number of fused-ring (bicyclic) bond motifs is 1. The number of nitrogens with zero attached hydrogens (tertiary/aromatic N) is 2. The molecule has 2 aromatic heterocycles. The van der Waals surface area contributed by atoms with Crippen molar-refractivity contribution in [3.63, 3.8) is 0 Å². The van der Waals surface area contributed by atoms with Crippen LogP contribution < -0.4 is 4.74 Å². The Balaban J connectivity index is 2.06. The van der Waals surface area contributed by atoms with E-state index in [1.54, 1.807) is 13.3 Å². The van der Waals surface area contributed by atoms with Crippen LogP contribution in [0.15, 0.2) is 36.7 Å². The molecule has 0 bridgehead atoms. The highest BCUT2D eigenvalue weighted by molar-refractivity contribution is 5.86. The maximum atomic E-state index is 10.5. The molecule has 0 spiro atoms. The summed E-state index contributed by atoms with van der Waals surface area (Å²) >= 11 is 0. The number of carbonyl (C=O) groups is 1. The Hall–Kier alpha value is -2.69. The summed E-state index contributed by atoms with van der Waals surface area (Å²) in [6.45, 7) is 0. The largest absolute Gasteiger partial charge is 0.497 e. The fourth-order valence-electron chi connectivity index (χ4n) is 1.91. The summed E-state index contributed by atoms with van der Waals surface area (Å²) in [5.41, 5.74) is 2.87. The number of hydrogen-bond donors (Lipinski definition) is 1. The first-order valence-electron chi connectivity index (χ1n) is 5.74. The average molecular weight is 253 g/mol. The van der Waals surface area contributed by atoms with Crippen LogP contribution in [0, 0.1) is 0 Å². The minimum atomic E-state index is 0.321. The molecule has 94 valence electrons. The predicted molar refractivity (Wildman–Crippen MR) is 71.3 cm³/mol. The van der Waals surface area contributed by atoms with Crippen LogP contribution in [0.25, 0.3) is 22.3 Å². The summed E-state index contributed by atoms with van der Waals surface area (Å²) in [5.74, 6) is 0.806. The number of ether oxygens (including phenoxy) is 1. The number of hydrogen-bond acceptors (Lipinski definition) is 4. The molecule has 5 heteroatoms. The van der Waals surface area contributed by atoms with Crippen LogP contribution >= 0.6 is 0 Å². The minimum Gasteiger partial charge on any atom is -0.497 e. The summed E-state index contributed by atoms with van der Waals surface area (Å²) in [5, 5.41) is 1.04. The van der Waals surface area contributed by atoms with Gasteiger partial charge in [-0.3, -0.25) is 9.78 Å². The second kappa shape index (κ2) is 4.53. The molecular formula is C14H11N3O2. The van der Waals surface area contributed by atoms with Gasteiger partial charge in [0.15, 0.2) is 6.29 Å². The summed E-state index contributed by atoms with van der Waals surface area (Å²) in [6, 6.07) is 7.76. The van der Waals surface area contributed by atoms with Crippen molar-refractivity contribution < 1.29 is 9.53 Å². The van der Waals surface area contributed by atoms with E-state index in [4.69, 9.17) is 4.74 Å². The molecule has 1 aromatic carbocycles. The lowest BCUT2D eigenvalue weighted by atomic mass is 10.2. The lowest BCUT2D eigenvalue weighted by molar-refractivity contribution is 0.111. The number of aromatic amines is 1. The van der Waals surface area contributed by atoms with Crippen molar-refractivity contribution in [1.29, 1.82) is 0 Å². The highest BCUT2D eigenvalue weighted by atomic mass is 16.5. The van der Waals surface area contributed by atoms with Gasteiger partial charge in [0.2, 0.25) is 0 Å². The van der Waals surface area contributed by atoms with Gasteiger partial charge >= 0.3 is 0 Å². The van der Waals surface area contributed by atoms with Gasteiger partial charge in [-0.25, -0.2) is 4.98 Å². The molecule has 0 unspecified atom stereocenters. The van der Waals surface area contributed by atoms with Gasteiger partial charge < -0.3 is 9.72 Å². The molecule has 5 nitrogen and oxygen atoms in total. The maximum absolute atomic E-state index is 10.5. The van der Waals surface area contributed by atoms with Crippen molar-refractivity contribution >= 4 is 17.2 Å². The van der Waals surface area contributed by atoms with Crippen LogP contribution in [0.3, 0.4) is 0 Å². The topological polar surface area (TPSA) is 67.9 Å². The standard InChI is InChI=1S/C14H11N3O2/c1-19-11-2-3-12-9(4-11)5-13(17-12)14-7-15-10(8-18)6-16-14/h2-8,17H,1H3. The first kappa shape index (κ1) is 11.4. The van der Waals surface area contributed by atoms with Crippen LogP contribution in [0.5, 0.6) is 5.75 Å². The number of aromatic nitrogens is 3. The quantitative estimate of drug-likeness (QED) is 0.728. The Morgan fingerprint density at radius 3 is 2.79 bits per heavy atom. The second-order valence-electron chi connectivity index (χ2n) is 4.08. The molecule has 0 aliphatic rings. The highest BCUT2D eigenvalue weighted by Crippen LogP contribution is 2.25. The maximum Gasteiger partial charge on any atom is 0.170 e. The summed E-state index contributed by atoms with van der Waals surface area (Å²) in [4.78, 5) is 22.0. The summed E-state index contributed by atoms with van der Waals surface area (Å²) in [7, 11) is 1.64. The third kappa shape index (κ3) is 2.06. The van der Waals surface area contributed by atoms with Crippen molar-refractivity contribution in [3.05, 3.63) is 42.4 Å². The van der Waals surface area contributed by atoms with E-state index in [1.165, 1.54) is 6.20 Å². The van der Waals surface area contributed by atoms with Gasteiger partial charge in [-0.1, -0.05) is 0 Å². The molecule has 0 fully saturated rings. The second-order valence-corrected chi connectivity index (χ2v) is 4.08. The Kier molecular flexibility index (Phi) is 2.72. The van der Waals surface area contributed by atoms with E-state index in [2.05, 4.69) is 15.0 Å². The molecule has 0 saturated carbocycles. The molecule has 0 aliphatic heterocycles. The van der Waals surface area contributed by atoms with Crippen molar-refractivity contribution in [2.24, 2.45) is 0 Å². The fourth-order valence-corrected chi connectivity index (χ4v) is 1.91. The average Bonchev–Trinajstić information content (AvgIpc) is 2.90. The van der Waals surface area contributed by atoms with Gasteiger partial charge in [0, 0.05) is 10.9 Å². The van der Waals surface area contributed by atoms with E-state index in [9.17, 15) is 4.79 Å². The lowest BCUT2D eigenvalue weighted by Gasteiger charge is -1.97. The van der Waals surface area contributed by atoms with Crippen molar-refractivity contribution in [2.45, 2.75) is 0 Å². The van der Waals surface area contributed by atoms with Crippen molar-refractivity contribution in [2.75, 3.05) is 7.11 Å².